The number of fused-ring (bicyclic) bond motifs is 1. The van der Waals surface area contributed by atoms with Gasteiger partial charge in [0.2, 0.25) is 5.91 Å². The minimum Gasteiger partial charge on any atom is -0.497 e. The topological polar surface area (TPSA) is 38.3 Å². The van der Waals surface area contributed by atoms with Gasteiger partial charge in [0.1, 0.15) is 5.75 Å². The monoisotopic (exact) mass is 413 g/mol. The van der Waals surface area contributed by atoms with Crippen LogP contribution in [0.4, 0.5) is 5.69 Å². The predicted molar refractivity (Wildman–Crippen MR) is 106 cm³/mol. The molecule has 0 saturated carbocycles. The van der Waals surface area contributed by atoms with Crippen molar-refractivity contribution in [3.8, 4) is 16.9 Å². The standard InChI is InChI=1S/C20H16BrNO2S/c1-24-13-8-6-12(7-9-13)16-11-25-20-15(10-18(23)22-19(16)20)14-4-2-3-5-17(14)21/h2-9,11,15H,10H2,1H3,(H,22,23)/t15-/m1/s1. The number of thiophene rings is 1. The zero-order valence-electron chi connectivity index (χ0n) is 13.6. The largest absolute Gasteiger partial charge is 0.497 e. The summed E-state index contributed by atoms with van der Waals surface area (Å²) < 4.78 is 6.27. The Morgan fingerprint density at radius 1 is 1.16 bits per heavy atom. The minimum absolute atomic E-state index is 0.0569. The van der Waals surface area contributed by atoms with Gasteiger partial charge in [-0.05, 0) is 29.3 Å². The molecule has 0 saturated heterocycles. The number of halogens is 1. The first-order valence-corrected chi connectivity index (χ1v) is 9.64. The van der Waals surface area contributed by atoms with Gasteiger partial charge in [0.15, 0.2) is 0 Å². The highest BCUT2D eigenvalue weighted by Gasteiger charge is 2.31. The maximum atomic E-state index is 12.4. The number of ether oxygens (including phenoxy) is 1. The van der Waals surface area contributed by atoms with Gasteiger partial charge in [-0.25, -0.2) is 0 Å². The second kappa shape index (κ2) is 6.65. The second-order valence-corrected chi connectivity index (χ2v) is 7.71. The van der Waals surface area contributed by atoms with Gasteiger partial charge < -0.3 is 10.1 Å². The summed E-state index contributed by atoms with van der Waals surface area (Å²) in [5.74, 6) is 0.959. The number of methoxy groups -OCH3 is 1. The molecule has 4 rings (SSSR count). The Hall–Kier alpha value is -2.11. The lowest BCUT2D eigenvalue weighted by Crippen LogP contribution is -2.22. The minimum atomic E-state index is 0.0569. The molecule has 1 N–H and O–H groups in total. The average molecular weight is 414 g/mol. The SMILES string of the molecule is COc1ccc(-c2csc3c2NC(=O)C[C@@H]3c2ccccc2Br)cc1. The van der Waals surface area contributed by atoms with E-state index in [0.717, 1.165) is 32.6 Å². The van der Waals surface area contributed by atoms with Crippen LogP contribution in [0.5, 0.6) is 5.75 Å². The molecule has 1 aromatic heterocycles. The number of amides is 1. The summed E-state index contributed by atoms with van der Waals surface area (Å²) in [5, 5.41) is 5.21. The van der Waals surface area contributed by atoms with Crippen molar-refractivity contribution in [1.29, 1.82) is 0 Å². The summed E-state index contributed by atoms with van der Waals surface area (Å²) in [6.45, 7) is 0. The van der Waals surface area contributed by atoms with E-state index in [-0.39, 0.29) is 11.8 Å². The molecule has 1 amide bonds. The second-order valence-electron chi connectivity index (χ2n) is 5.94. The molecule has 1 aliphatic rings. The van der Waals surface area contributed by atoms with Gasteiger partial charge in [-0.1, -0.05) is 46.3 Å². The highest BCUT2D eigenvalue weighted by atomic mass is 79.9. The third-order valence-electron chi connectivity index (χ3n) is 4.47. The molecule has 0 bridgehead atoms. The lowest BCUT2D eigenvalue weighted by atomic mass is 9.89. The Morgan fingerprint density at radius 2 is 1.92 bits per heavy atom. The predicted octanol–water partition coefficient (Wildman–Crippen LogP) is 5.66. The fourth-order valence-electron chi connectivity index (χ4n) is 3.22. The van der Waals surface area contributed by atoms with Crippen LogP contribution >= 0.6 is 27.3 Å². The lowest BCUT2D eigenvalue weighted by Gasteiger charge is -2.24. The maximum absolute atomic E-state index is 12.4. The number of anilines is 1. The van der Waals surface area contributed by atoms with Gasteiger partial charge in [0, 0.05) is 32.6 Å². The van der Waals surface area contributed by atoms with Gasteiger partial charge in [-0.15, -0.1) is 11.3 Å². The Morgan fingerprint density at radius 3 is 2.64 bits per heavy atom. The Balaban J connectivity index is 1.80. The zero-order valence-corrected chi connectivity index (χ0v) is 16.0. The van der Waals surface area contributed by atoms with E-state index in [9.17, 15) is 4.79 Å². The van der Waals surface area contributed by atoms with Crippen molar-refractivity contribution in [2.45, 2.75) is 12.3 Å². The molecule has 0 fully saturated rings. The number of carbonyl (C=O) groups is 1. The first kappa shape index (κ1) is 16.4. The van der Waals surface area contributed by atoms with Crippen molar-refractivity contribution < 1.29 is 9.53 Å². The van der Waals surface area contributed by atoms with Crippen LogP contribution in [-0.4, -0.2) is 13.0 Å². The van der Waals surface area contributed by atoms with E-state index in [2.05, 4.69) is 32.7 Å². The molecule has 1 atom stereocenters. The van der Waals surface area contributed by atoms with Crippen LogP contribution in [0, 0.1) is 0 Å². The molecule has 1 aliphatic heterocycles. The van der Waals surface area contributed by atoms with Crippen LogP contribution in [0.3, 0.4) is 0 Å². The molecule has 0 radical (unpaired) electrons. The highest BCUT2D eigenvalue weighted by Crippen LogP contribution is 2.47. The van der Waals surface area contributed by atoms with E-state index in [1.165, 1.54) is 4.88 Å². The summed E-state index contributed by atoms with van der Waals surface area (Å²) in [5.41, 5.74) is 4.23. The molecule has 25 heavy (non-hydrogen) atoms. The molecule has 2 heterocycles. The third-order valence-corrected chi connectivity index (χ3v) is 6.29. The molecule has 0 spiro atoms. The van der Waals surface area contributed by atoms with Crippen molar-refractivity contribution in [3.05, 3.63) is 68.8 Å². The molecule has 2 aromatic carbocycles. The number of benzene rings is 2. The van der Waals surface area contributed by atoms with E-state index < -0.39 is 0 Å². The van der Waals surface area contributed by atoms with Gasteiger partial charge in [-0.2, -0.15) is 0 Å². The smallest absolute Gasteiger partial charge is 0.225 e. The molecule has 0 unspecified atom stereocenters. The summed E-state index contributed by atoms with van der Waals surface area (Å²) in [6.07, 6.45) is 0.470. The molecular formula is C20H16BrNO2S. The Bertz CT molecular complexity index is 933. The van der Waals surface area contributed by atoms with Crippen LogP contribution in [0.2, 0.25) is 0 Å². The van der Waals surface area contributed by atoms with Crippen LogP contribution in [0.15, 0.2) is 58.4 Å². The fourth-order valence-corrected chi connectivity index (χ4v) is 4.93. The van der Waals surface area contributed by atoms with Gasteiger partial charge in [-0.3, -0.25) is 4.79 Å². The molecule has 126 valence electrons. The number of carbonyl (C=O) groups excluding carboxylic acids is 1. The van der Waals surface area contributed by atoms with Crippen LogP contribution < -0.4 is 10.1 Å². The van der Waals surface area contributed by atoms with Crippen molar-refractivity contribution in [2.75, 3.05) is 12.4 Å². The van der Waals surface area contributed by atoms with Crippen molar-refractivity contribution in [2.24, 2.45) is 0 Å². The average Bonchev–Trinajstić information content (AvgIpc) is 3.05. The van der Waals surface area contributed by atoms with Gasteiger partial charge in [0.25, 0.3) is 0 Å². The van der Waals surface area contributed by atoms with Crippen LogP contribution in [0.25, 0.3) is 11.1 Å². The number of hydrogen-bond donors (Lipinski definition) is 1. The number of hydrogen-bond acceptors (Lipinski definition) is 3. The molecule has 0 aliphatic carbocycles. The zero-order chi connectivity index (χ0) is 17.4. The summed E-state index contributed by atoms with van der Waals surface area (Å²) in [4.78, 5) is 13.6. The van der Waals surface area contributed by atoms with Crippen molar-refractivity contribution >= 4 is 38.9 Å². The van der Waals surface area contributed by atoms with Gasteiger partial charge >= 0.3 is 0 Å². The normalized spacial score (nSPS) is 16.2. The maximum Gasteiger partial charge on any atom is 0.225 e. The lowest BCUT2D eigenvalue weighted by molar-refractivity contribution is -0.116. The highest BCUT2D eigenvalue weighted by molar-refractivity contribution is 9.10. The molecule has 3 nitrogen and oxygen atoms in total. The fraction of sp³-hybridized carbons (Fsp3) is 0.150. The first-order chi connectivity index (χ1) is 12.2. The summed E-state index contributed by atoms with van der Waals surface area (Å²) >= 11 is 5.33. The molecule has 3 aromatic rings. The third kappa shape index (κ3) is 2.98. The van der Waals surface area contributed by atoms with Gasteiger partial charge in [0.05, 0.1) is 12.8 Å². The Kier molecular flexibility index (Phi) is 4.36. The Labute approximate surface area is 158 Å². The van der Waals surface area contributed by atoms with E-state index >= 15 is 0 Å². The van der Waals surface area contributed by atoms with E-state index in [4.69, 9.17) is 4.74 Å². The van der Waals surface area contributed by atoms with Crippen molar-refractivity contribution in [3.63, 3.8) is 0 Å². The number of rotatable bonds is 3. The summed E-state index contributed by atoms with van der Waals surface area (Å²) in [7, 11) is 1.66. The van der Waals surface area contributed by atoms with Crippen molar-refractivity contribution in [1.82, 2.24) is 0 Å². The van der Waals surface area contributed by atoms with E-state index in [1.54, 1.807) is 18.4 Å². The quantitative estimate of drug-likeness (QED) is 0.601. The molecular weight excluding hydrogens is 398 g/mol. The molecule has 5 heteroatoms. The number of nitrogens with one attached hydrogen (secondary N) is 1. The van der Waals surface area contributed by atoms with Crippen LogP contribution in [-0.2, 0) is 4.79 Å². The van der Waals surface area contributed by atoms with E-state index in [0.29, 0.717) is 6.42 Å². The summed E-state index contributed by atoms with van der Waals surface area (Å²) in [6, 6.07) is 16.1. The van der Waals surface area contributed by atoms with Crippen LogP contribution in [0.1, 0.15) is 22.8 Å². The first-order valence-electron chi connectivity index (χ1n) is 7.97. The van der Waals surface area contributed by atoms with E-state index in [1.807, 2.05) is 42.5 Å².